The van der Waals surface area contributed by atoms with Crippen LogP contribution in [0.4, 0.5) is 0 Å². The molecule has 0 heterocycles. The maximum absolute atomic E-state index is 12.7. The number of amides is 1. The zero-order valence-corrected chi connectivity index (χ0v) is 20.4. The van der Waals surface area contributed by atoms with Gasteiger partial charge in [-0.25, -0.2) is 10.2 Å². The van der Waals surface area contributed by atoms with Crippen LogP contribution in [0.15, 0.2) is 126 Å². The van der Waals surface area contributed by atoms with Crippen molar-refractivity contribution in [2.45, 2.75) is 0 Å². The summed E-state index contributed by atoms with van der Waals surface area (Å²) in [7, 11) is 0. The lowest BCUT2D eigenvalue weighted by Crippen LogP contribution is -2.24. The van der Waals surface area contributed by atoms with Crippen LogP contribution in [0.5, 0.6) is 11.5 Å². The Labute approximate surface area is 220 Å². The second kappa shape index (κ2) is 11.7. The molecule has 5 rings (SSSR count). The Kier molecular flexibility index (Phi) is 7.51. The second-order valence-corrected chi connectivity index (χ2v) is 8.46. The van der Waals surface area contributed by atoms with Gasteiger partial charge in [0.2, 0.25) is 0 Å². The number of hydrazone groups is 1. The SMILES string of the molecule is O=C(COc1ccc(-c2ccccc2)cc1)NN=Cc1ccc(OC(=O)c2cccc3ccccc23)cc1. The van der Waals surface area contributed by atoms with E-state index in [1.54, 1.807) is 30.3 Å². The fourth-order valence-corrected chi connectivity index (χ4v) is 3.92. The predicted octanol–water partition coefficient (Wildman–Crippen LogP) is 6.26. The predicted molar refractivity (Wildman–Crippen MR) is 148 cm³/mol. The van der Waals surface area contributed by atoms with Crippen LogP contribution in [0.25, 0.3) is 21.9 Å². The number of nitrogens with one attached hydrogen (secondary N) is 1. The first kappa shape index (κ1) is 24.5. The molecular formula is C32H24N2O4. The van der Waals surface area contributed by atoms with E-state index in [4.69, 9.17) is 9.47 Å². The lowest BCUT2D eigenvalue weighted by Gasteiger charge is -2.07. The van der Waals surface area contributed by atoms with Crippen molar-refractivity contribution in [2.75, 3.05) is 6.61 Å². The van der Waals surface area contributed by atoms with Crippen molar-refractivity contribution < 1.29 is 19.1 Å². The first-order valence-corrected chi connectivity index (χ1v) is 12.1. The summed E-state index contributed by atoms with van der Waals surface area (Å²) in [6.45, 7) is -0.162. The molecule has 5 aromatic rings. The van der Waals surface area contributed by atoms with E-state index in [0.29, 0.717) is 17.1 Å². The molecule has 38 heavy (non-hydrogen) atoms. The molecule has 0 aliphatic rings. The van der Waals surface area contributed by atoms with Gasteiger partial charge in [0, 0.05) is 0 Å². The molecule has 5 aromatic carbocycles. The summed E-state index contributed by atoms with van der Waals surface area (Å²) in [5.41, 5.74) is 5.86. The molecule has 1 amide bonds. The van der Waals surface area contributed by atoms with E-state index in [9.17, 15) is 9.59 Å². The molecule has 0 aliphatic carbocycles. The molecule has 1 N–H and O–H groups in total. The minimum absolute atomic E-state index is 0.162. The largest absolute Gasteiger partial charge is 0.484 e. The lowest BCUT2D eigenvalue weighted by atomic mass is 10.0. The molecule has 0 atom stereocenters. The Morgan fingerprint density at radius 2 is 1.34 bits per heavy atom. The summed E-state index contributed by atoms with van der Waals surface area (Å²) in [4.78, 5) is 24.8. The number of hydrogen-bond acceptors (Lipinski definition) is 5. The number of carbonyl (C=O) groups excluding carboxylic acids is 2. The van der Waals surface area contributed by atoms with E-state index in [0.717, 1.165) is 27.5 Å². The molecule has 0 aromatic heterocycles. The minimum atomic E-state index is -0.426. The van der Waals surface area contributed by atoms with Crippen LogP contribution >= 0.6 is 0 Å². The summed E-state index contributed by atoms with van der Waals surface area (Å²) < 4.78 is 11.1. The molecule has 186 valence electrons. The molecule has 0 fully saturated rings. The standard InChI is InChI=1S/C32H24N2O4/c35-31(22-37-27-19-15-25(16-20-27)24-7-2-1-3-8-24)34-33-21-23-13-17-28(18-14-23)38-32(36)30-12-6-10-26-9-4-5-11-29(26)30/h1-21H,22H2,(H,34,35). The second-order valence-electron chi connectivity index (χ2n) is 8.46. The number of ether oxygens (including phenoxy) is 2. The molecule has 0 saturated carbocycles. The van der Waals surface area contributed by atoms with Crippen molar-refractivity contribution in [2.24, 2.45) is 5.10 Å². The lowest BCUT2D eigenvalue weighted by molar-refractivity contribution is -0.123. The Bertz CT molecular complexity index is 1570. The average Bonchev–Trinajstić information content (AvgIpc) is 2.97. The van der Waals surface area contributed by atoms with Crippen LogP contribution in [-0.4, -0.2) is 24.7 Å². The quantitative estimate of drug-likeness (QED) is 0.118. The van der Waals surface area contributed by atoms with Gasteiger partial charge in [-0.05, 0) is 69.9 Å². The molecule has 0 radical (unpaired) electrons. The number of fused-ring (bicyclic) bond motifs is 1. The van der Waals surface area contributed by atoms with Crippen molar-refractivity contribution in [3.05, 3.63) is 132 Å². The zero-order valence-electron chi connectivity index (χ0n) is 20.4. The number of rotatable bonds is 8. The first-order chi connectivity index (χ1) is 18.7. The van der Waals surface area contributed by atoms with Gasteiger partial charge in [0.25, 0.3) is 5.91 Å². The summed E-state index contributed by atoms with van der Waals surface area (Å²) >= 11 is 0. The summed E-state index contributed by atoms with van der Waals surface area (Å²) in [6.07, 6.45) is 1.50. The maximum Gasteiger partial charge on any atom is 0.344 e. The van der Waals surface area contributed by atoms with Crippen LogP contribution in [-0.2, 0) is 4.79 Å². The number of benzene rings is 5. The van der Waals surface area contributed by atoms with Crippen LogP contribution in [0, 0.1) is 0 Å². The molecule has 0 bridgehead atoms. The van der Waals surface area contributed by atoms with Crippen molar-refractivity contribution >= 4 is 28.9 Å². The van der Waals surface area contributed by atoms with Gasteiger partial charge in [-0.15, -0.1) is 0 Å². The molecule has 0 unspecified atom stereocenters. The maximum atomic E-state index is 12.7. The van der Waals surface area contributed by atoms with Gasteiger partial charge in [-0.1, -0.05) is 78.9 Å². The third-order valence-corrected chi connectivity index (χ3v) is 5.83. The van der Waals surface area contributed by atoms with E-state index in [2.05, 4.69) is 10.5 Å². The smallest absolute Gasteiger partial charge is 0.344 e. The van der Waals surface area contributed by atoms with Crippen molar-refractivity contribution in [1.29, 1.82) is 0 Å². The molecule has 6 heteroatoms. The normalized spacial score (nSPS) is 10.8. The molecule has 0 saturated heterocycles. The van der Waals surface area contributed by atoms with E-state index in [-0.39, 0.29) is 12.5 Å². The van der Waals surface area contributed by atoms with Gasteiger partial charge < -0.3 is 9.47 Å². The van der Waals surface area contributed by atoms with E-state index >= 15 is 0 Å². The van der Waals surface area contributed by atoms with E-state index in [1.807, 2.05) is 91.0 Å². The van der Waals surface area contributed by atoms with Crippen LogP contribution in [0.2, 0.25) is 0 Å². The number of nitrogens with zero attached hydrogens (tertiary/aromatic N) is 1. The Morgan fingerprint density at radius 1 is 0.684 bits per heavy atom. The van der Waals surface area contributed by atoms with Gasteiger partial charge in [0.1, 0.15) is 11.5 Å². The van der Waals surface area contributed by atoms with Gasteiger partial charge in [-0.2, -0.15) is 5.10 Å². The van der Waals surface area contributed by atoms with Crippen LogP contribution in [0.3, 0.4) is 0 Å². The molecule has 0 spiro atoms. The monoisotopic (exact) mass is 500 g/mol. The van der Waals surface area contributed by atoms with E-state index in [1.165, 1.54) is 6.21 Å². The first-order valence-electron chi connectivity index (χ1n) is 12.1. The van der Waals surface area contributed by atoms with Gasteiger partial charge in [0.15, 0.2) is 6.61 Å². The molecular weight excluding hydrogens is 476 g/mol. The summed E-state index contributed by atoms with van der Waals surface area (Å²) in [6, 6.07) is 37.6. The number of esters is 1. The summed E-state index contributed by atoms with van der Waals surface area (Å²) in [5.74, 6) is 0.201. The molecule has 0 aliphatic heterocycles. The average molecular weight is 501 g/mol. The minimum Gasteiger partial charge on any atom is -0.484 e. The fraction of sp³-hybridized carbons (Fsp3) is 0.0312. The highest BCUT2D eigenvalue weighted by Crippen LogP contribution is 2.23. The van der Waals surface area contributed by atoms with Crippen molar-refractivity contribution in [3.63, 3.8) is 0 Å². The third-order valence-electron chi connectivity index (χ3n) is 5.83. The highest BCUT2D eigenvalue weighted by molar-refractivity contribution is 6.05. The Morgan fingerprint density at radius 3 is 2.13 bits per heavy atom. The zero-order chi connectivity index (χ0) is 26.2. The number of hydrogen-bond donors (Lipinski definition) is 1. The third kappa shape index (κ3) is 6.12. The molecule has 6 nitrogen and oxygen atoms in total. The van der Waals surface area contributed by atoms with Crippen molar-refractivity contribution in [3.8, 4) is 22.6 Å². The summed E-state index contributed by atoms with van der Waals surface area (Å²) in [5, 5.41) is 5.78. The Hall–Kier alpha value is -5.23. The van der Waals surface area contributed by atoms with Crippen molar-refractivity contribution in [1.82, 2.24) is 5.43 Å². The topological polar surface area (TPSA) is 77.0 Å². The highest BCUT2D eigenvalue weighted by atomic mass is 16.5. The Balaban J connectivity index is 1.10. The van der Waals surface area contributed by atoms with Gasteiger partial charge >= 0.3 is 5.97 Å². The number of carbonyl (C=O) groups is 2. The van der Waals surface area contributed by atoms with Crippen LogP contribution in [0.1, 0.15) is 15.9 Å². The van der Waals surface area contributed by atoms with E-state index < -0.39 is 5.97 Å². The van der Waals surface area contributed by atoms with Crippen LogP contribution < -0.4 is 14.9 Å². The fourth-order valence-electron chi connectivity index (χ4n) is 3.92. The highest BCUT2D eigenvalue weighted by Gasteiger charge is 2.12. The van der Waals surface area contributed by atoms with Gasteiger partial charge in [-0.3, -0.25) is 4.79 Å². The van der Waals surface area contributed by atoms with Gasteiger partial charge in [0.05, 0.1) is 11.8 Å².